The van der Waals surface area contributed by atoms with Crippen LogP contribution in [0.2, 0.25) is 0 Å². The summed E-state index contributed by atoms with van der Waals surface area (Å²) >= 11 is 0. The number of phenols is 5. The van der Waals surface area contributed by atoms with E-state index < -0.39 is 5.75 Å². The lowest BCUT2D eigenvalue weighted by Gasteiger charge is -2.11. The van der Waals surface area contributed by atoms with Crippen LogP contribution >= 0.6 is 0 Å². The molecule has 0 spiro atoms. The summed E-state index contributed by atoms with van der Waals surface area (Å²) in [5.74, 6) is 0.0738. The number of rotatable bonds is 8. The van der Waals surface area contributed by atoms with Crippen molar-refractivity contribution in [3.63, 3.8) is 0 Å². The highest BCUT2D eigenvalue weighted by molar-refractivity contribution is 5.51. The van der Waals surface area contributed by atoms with E-state index in [1.807, 2.05) is 48.5 Å². The molecule has 4 aromatic carbocycles. The summed E-state index contributed by atoms with van der Waals surface area (Å²) in [5.41, 5.74) is 3.88. The number of aryl methyl sites for hydroxylation is 4. The average molecular weight is 459 g/mol. The van der Waals surface area contributed by atoms with Crippen molar-refractivity contribution in [1.82, 2.24) is 0 Å². The molecule has 6 heteroatoms. The van der Waals surface area contributed by atoms with E-state index in [4.69, 9.17) is 4.74 Å². The fourth-order valence-corrected chi connectivity index (χ4v) is 3.69. The van der Waals surface area contributed by atoms with E-state index in [1.54, 1.807) is 18.2 Å². The topological polar surface area (TPSA) is 110 Å². The predicted molar refractivity (Wildman–Crippen MR) is 129 cm³/mol. The Morgan fingerprint density at radius 2 is 0.971 bits per heavy atom. The van der Waals surface area contributed by atoms with Gasteiger partial charge in [-0.2, -0.15) is 0 Å². The van der Waals surface area contributed by atoms with Gasteiger partial charge in [0.1, 0.15) is 11.5 Å². The summed E-state index contributed by atoms with van der Waals surface area (Å²) in [6.07, 6.45) is 2.81. The van der Waals surface area contributed by atoms with Crippen molar-refractivity contribution < 1.29 is 30.3 Å². The lowest BCUT2D eigenvalue weighted by Crippen LogP contribution is -1.94. The number of hydrogen-bond donors (Lipinski definition) is 5. The van der Waals surface area contributed by atoms with Crippen molar-refractivity contribution in [1.29, 1.82) is 0 Å². The molecule has 0 amide bonds. The summed E-state index contributed by atoms with van der Waals surface area (Å²) in [4.78, 5) is 0. The van der Waals surface area contributed by atoms with Crippen molar-refractivity contribution in [2.75, 3.05) is 0 Å². The standard InChI is InChI=1S/C28H26O6/c29-22-10-5-18(6-11-22)1-3-20-9-14-24(30)27(17-20)34-23-12-7-19(8-13-23)2-4-21-15-25(31)28(33)26(32)16-21/h5-17,29-33H,1-4H2. The van der Waals surface area contributed by atoms with Gasteiger partial charge in [0.25, 0.3) is 0 Å². The van der Waals surface area contributed by atoms with E-state index in [-0.39, 0.29) is 23.0 Å². The first-order valence-electron chi connectivity index (χ1n) is 11.0. The zero-order valence-electron chi connectivity index (χ0n) is 18.5. The van der Waals surface area contributed by atoms with Crippen molar-refractivity contribution in [2.24, 2.45) is 0 Å². The molecular weight excluding hydrogens is 432 g/mol. The Hall–Kier alpha value is -4.32. The molecule has 0 aliphatic carbocycles. The number of hydrogen-bond acceptors (Lipinski definition) is 6. The molecule has 0 aliphatic rings. The molecule has 0 aromatic heterocycles. The third-order valence-corrected chi connectivity index (χ3v) is 5.65. The molecule has 0 atom stereocenters. The number of aromatic hydroxyl groups is 5. The van der Waals surface area contributed by atoms with Crippen LogP contribution in [0.1, 0.15) is 22.3 Å². The summed E-state index contributed by atoms with van der Waals surface area (Å²) < 4.78 is 5.90. The van der Waals surface area contributed by atoms with Crippen molar-refractivity contribution in [2.45, 2.75) is 25.7 Å². The molecule has 0 saturated heterocycles. The van der Waals surface area contributed by atoms with Gasteiger partial charge in [-0.25, -0.2) is 0 Å². The van der Waals surface area contributed by atoms with E-state index in [2.05, 4.69) is 0 Å². The second kappa shape index (κ2) is 10.1. The van der Waals surface area contributed by atoms with E-state index in [9.17, 15) is 25.5 Å². The van der Waals surface area contributed by atoms with Gasteiger partial charge in [0, 0.05) is 0 Å². The minimum atomic E-state index is -0.516. The zero-order chi connectivity index (χ0) is 24.1. The van der Waals surface area contributed by atoms with Crippen LogP contribution in [-0.2, 0) is 25.7 Å². The van der Waals surface area contributed by atoms with Crippen LogP contribution in [0.15, 0.2) is 78.9 Å². The lowest BCUT2D eigenvalue weighted by molar-refractivity contribution is 0.367. The summed E-state index contributed by atoms with van der Waals surface area (Å²) in [5, 5.41) is 48.4. The largest absolute Gasteiger partial charge is 0.508 e. The first kappa shape index (κ1) is 22.9. The van der Waals surface area contributed by atoms with Gasteiger partial charge in [-0.15, -0.1) is 0 Å². The van der Waals surface area contributed by atoms with Crippen molar-refractivity contribution in [3.8, 4) is 40.2 Å². The average Bonchev–Trinajstić information content (AvgIpc) is 2.83. The van der Waals surface area contributed by atoms with E-state index >= 15 is 0 Å². The monoisotopic (exact) mass is 458 g/mol. The maximum Gasteiger partial charge on any atom is 0.200 e. The molecule has 0 heterocycles. The Bertz CT molecular complexity index is 1240. The van der Waals surface area contributed by atoms with Crippen molar-refractivity contribution in [3.05, 3.63) is 101 Å². The molecule has 174 valence electrons. The third-order valence-electron chi connectivity index (χ3n) is 5.65. The molecule has 6 nitrogen and oxygen atoms in total. The van der Waals surface area contributed by atoms with Crippen LogP contribution in [0.5, 0.6) is 40.2 Å². The third kappa shape index (κ3) is 5.72. The maximum absolute atomic E-state index is 10.2. The highest BCUT2D eigenvalue weighted by Crippen LogP contribution is 2.36. The smallest absolute Gasteiger partial charge is 0.200 e. The molecule has 4 rings (SSSR count). The van der Waals surface area contributed by atoms with Crippen LogP contribution in [0.3, 0.4) is 0 Å². The van der Waals surface area contributed by atoms with E-state index in [0.29, 0.717) is 29.9 Å². The maximum atomic E-state index is 10.2. The van der Waals surface area contributed by atoms with Gasteiger partial charge in [-0.1, -0.05) is 30.3 Å². The Morgan fingerprint density at radius 3 is 1.59 bits per heavy atom. The van der Waals surface area contributed by atoms with Crippen LogP contribution in [0, 0.1) is 0 Å². The molecule has 0 bridgehead atoms. The van der Waals surface area contributed by atoms with E-state index in [1.165, 1.54) is 12.1 Å². The predicted octanol–water partition coefficient (Wildman–Crippen LogP) is 5.58. The molecule has 5 N–H and O–H groups in total. The molecule has 0 aliphatic heterocycles. The van der Waals surface area contributed by atoms with Gasteiger partial charge in [-0.3, -0.25) is 0 Å². The highest BCUT2D eigenvalue weighted by atomic mass is 16.5. The van der Waals surface area contributed by atoms with Gasteiger partial charge in [0.2, 0.25) is 0 Å². The quantitative estimate of drug-likeness (QED) is 0.221. The Morgan fingerprint density at radius 1 is 0.471 bits per heavy atom. The number of phenolic OH excluding ortho intramolecular Hbond substituents is 5. The summed E-state index contributed by atoms with van der Waals surface area (Å²) in [6.45, 7) is 0. The molecular formula is C28H26O6. The van der Waals surface area contributed by atoms with E-state index in [0.717, 1.165) is 29.5 Å². The first-order valence-corrected chi connectivity index (χ1v) is 11.0. The van der Waals surface area contributed by atoms with Gasteiger partial charge in [0.05, 0.1) is 0 Å². The molecule has 34 heavy (non-hydrogen) atoms. The Balaban J connectivity index is 1.37. The van der Waals surface area contributed by atoms with Gasteiger partial charge >= 0.3 is 0 Å². The minimum Gasteiger partial charge on any atom is -0.508 e. The van der Waals surface area contributed by atoms with Gasteiger partial charge < -0.3 is 30.3 Å². The van der Waals surface area contributed by atoms with Crippen LogP contribution in [-0.4, -0.2) is 25.5 Å². The van der Waals surface area contributed by atoms with Gasteiger partial charge in [0.15, 0.2) is 28.7 Å². The minimum absolute atomic E-state index is 0.0596. The molecule has 0 radical (unpaired) electrons. The van der Waals surface area contributed by atoms with Crippen LogP contribution in [0.4, 0.5) is 0 Å². The highest BCUT2D eigenvalue weighted by Gasteiger charge is 2.09. The fourth-order valence-electron chi connectivity index (χ4n) is 3.69. The SMILES string of the molecule is Oc1ccc(CCc2ccc(O)c(Oc3ccc(CCc4cc(O)c(O)c(O)c4)cc3)c2)cc1. The first-order chi connectivity index (χ1) is 16.4. The molecule has 0 saturated carbocycles. The van der Waals surface area contributed by atoms with Crippen LogP contribution in [0.25, 0.3) is 0 Å². The summed E-state index contributed by atoms with van der Waals surface area (Å²) in [7, 11) is 0. The Labute approximate surface area is 197 Å². The van der Waals surface area contributed by atoms with Gasteiger partial charge in [-0.05, 0) is 96.5 Å². The molecule has 4 aromatic rings. The molecule has 0 fully saturated rings. The van der Waals surface area contributed by atoms with Crippen molar-refractivity contribution >= 4 is 0 Å². The number of ether oxygens (including phenoxy) is 1. The summed E-state index contributed by atoms with van der Waals surface area (Å²) in [6, 6.07) is 22.8. The number of benzene rings is 4. The normalized spacial score (nSPS) is 10.8. The fraction of sp³-hybridized carbons (Fsp3) is 0.143. The lowest BCUT2D eigenvalue weighted by atomic mass is 10.0. The second-order valence-corrected chi connectivity index (χ2v) is 8.20. The molecule has 0 unspecified atom stereocenters. The zero-order valence-corrected chi connectivity index (χ0v) is 18.5. The second-order valence-electron chi connectivity index (χ2n) is 8.20. The van der Waals surface area contributed by atoms with Crippen LogP contribution < -0.4 is 4.74 Å². The Kier molecular flexibility index (Phi) is 6.78.